The summed E-state index contributed by atoms with van der Waals surface area (Å²) in [4.78, 5) is 0. The molecule has 104 valence electrons. The fourth-order valence-corrected chi connectivity index (χ4v) is 3.09. The van der Waals surface area contributed by atoms with E-state index in [-0.39, 0.29) is 6.04 Å². The van der Waals surface area contributed by atoms with Crippen molar-refractivity contribution in [1.82, 2.24) is 0 Å². The van der Waals surface area contributed by atoms with Crippen molar-refractivity contribution < 1.29 is 9.47 Å². The van der Waals surface area contributed by atoms with Crippen LogP contribution in [0.1, 0.15) is 17.2 Å². The molecule has 1 aliphatic rings. The summed E-state index contributed by atoms with van der Waals surface area (Å²) in [7, 11) is 0. The molecule has 0 bridgehead atoms. The van der Waals surface area contributed by atoms with Crippen molar-refractivity contribution >= 4 is 27.5 Å². The van der Waals surface area contributed by atoms with Crippen LogP contribution in [0.25, 0.3) is 0 Å². The van der Waals surface area contributed by atoms with Gasteiger partial charge in [0.1, 0.15) is 13.2 Å². The summed E-state index contributed by atoms with van der Waals surface area (Å²) >= 11 is 9.50. The molecule has 3 nitrogen and oxygen atoms in total. The highest BCUT2D eigenvalue weighted by molar-refractivity contribution is 9.10. The van der Waals surface area contributed by atoms with Gasteiger partial charge in [-0.1, -0.05) is 33.6 Å². The first-order valence-electron chi connectivity index (χ1n) is 6.24. The Hall–Kier alpha value is -1.23. The van der Waals surface area contributed by atoms with Crippen molar-refractivity contribution in [3.8, 4) is 11.5 Å². The van der Waals surface area contributed by atoms with Crippen molar-refractivity contribution in [3.63, 3.8) is 0 Å². The molecule has 0 saturated carbocycles. The summed E-state index contributed by atoms with van der Waals surface area (Å²) in [5.74, 6) is 1.50. The lowest BCUT2D eigenvalue weighted by atomic mass is 9.99. The molecule has 0 saturated heterocycles. The first-order valence-corrected chi connectivity index (χ1v) is 7.42. The molecule has 0 fully saturated rings. The lowest BCUT2D eigenvalue weighted by molar-refractivity contribution is 0.171. The van der Waals surface area contributed by atoms with Crippen molar-refractivity contribution in [2.45, 2.75) is 6.04 Å². The Bertz CT molecular complexity index is 628. The van der Waals surface area contributed by atoms with Gasteiger partial charge >= 0.3 is 0 Å². The van der Waals surface area contributed by atoms with Crippen LogP contribution in [0.3, 0.4) is 0 Å². The molecule has 0 aromatic heterocycles. The van der Waals surface area contributed by atoms with Crippen LogP contribution in [0.4, 0.5) is 0 Å². The Morgan fingerprint density at radius 2 is 1.75 bits per heavy atom. The number of halogens is 2. The third-order valence-electron chi connectivity index (χ3n) is 3.17. The molecule has 0 aliphatic carbocycles. The number of hydrogen-bond acceptors (Lipinski definition) is 3. The maximum atomic E-state index is 6.31. The second-order valence-electron chi connectivity index (χ2n) is 4.58. The van der Waals surface area contributed by atoms with Gasteiger partial charge in [0.2, 0.25) is 0 Å². The van der Waals surface area contributed by atoms with E-state index < -0.39 is 0 Å². The second-order valence-corrected chi connectivity index (χ2v) is 5.94. The van der Waals surface area contributed by atoms with Gasteiger partial charge in [0.05, 0.1) is 6.04 Å². The Labute approximate surface area is 130 Å². The molecule has 2 aromatic carbocycles. The Morgan fingerprint density at radius 1 is 1.00 bits per heavy atom. The molecule has 1 aliphatic heterocycles. The number of benzene rings is 2. The number of fused-ring (bicyclic) bond motifs is 1. The zero-order valence-electron chi connectivity index (χ0n) is 10.6. The van der Waals surface area contributed by atoms with Gasteiger partial charge in [-0.15, -0.1) is 0 Å². The molecule has 5 heteroatoms. The molecule has 2 N–H and O–H groups in total. The van der Waals surface area contributed by atoms with Crippen molar-refractivity contribution in [2.24, 2.45) is 5.73 Å². The molecule has 20 heavy (non-hydrogen) atoms. The molecule has 0 spiro atoms. The van der Waals surface area contributed by atoms with E-state index in [0.717, 1.165) is 27.1 Å². The van der Waals surface area contributed by atoms with E-state index in [1.54, 1.807) is 0 Å². The van der Waals surface area contributed by atoms with Gasteiger partial charge in [-0.25, -0.2) is 0 Å². The van der Waals surface area contributed by atoms with E-state index in [4.69, 9.17) is 26.8 Å². The minimum atomic E-state index is -0.263. The molecule has 1 heterocycles. The van der Waals surface area contributed by atoms with Gasteiger partial charge in [-0.2, -0.15) is 0 Å². The lowest BCUT2D eigenvalue weighted by Gasteiger charge is -2.21. The maximum absolute atomic E-state index is 6.31. The Morgan fingerprint density at radius 3 is 2.50 bits per heavy atom. The fourth-order valence-electron chi connectivity index (χ4n) is 2.20. The van der Waals surface area contributed by atoms with Crippen LogP contribution < -0.4 is 15.2 Å². The minimum Gasteiger partial charge on any atom is -0.486 e. The number of ether oxygens (including phenoxy) is 2. The average molecular weight is 355 g/mol. The first-order chi connectivity index (χ1) is 9.63. The third-order valence-corrected chi connectivity index (χ3v) is 3.85. The van der Waals surface area contributed by atoms with E-state index in [9.17, 15) is 0 Å². The fraction of sp³-hybridized carbons (Fsp3) is 0.200. The highest BCUT2D eigenvalue weighted by Crippen LogP contribution is 2.34. The molecule has 1 atom stereocenters. The van der Waals surface area contributed by atoms with Gasteiger partial charge in [-0.05, 0) is 41.5 Å². The van der Waals surface area contributed by atoms with Crippen LogP contribution >= 0.6 is 27.5 Å². The number of rotatable bonds is 2. The Balaban J connectivity index is 1.95. The third kappa shape index (κ3) is 2.77. The van der Waals surface area contributed by atoms with Crippen LogP contribution in [0.5, 0.6) is 11.5 Å². The summed E-state index contributed by atoms with van der Waals surface area (Å²) < 4.78 is 12.0. The van der Waals surface area contributed by atoms with E-state index in [2.05, 4.69) is 15.9 Å². The van der Waals surface area contributed by atoms with E-state index in [0.29, 0.717) is 18.2 Å². The summed E-state index contributed by atoms with van der Waals surface area (Å²) in [6.45, 7) is 1.15. The summed E-state index contributed by atoms with van der Waals surface area (Å²) in [6, 6.07) is 11.2. The predicted molar refractivity (Wildman–Crippen MR) is 82.6 cm³/mol. The average Bonchev–Trinajstić information content (AvgIpc) is 2.45. The first kappa shape index (κ1) is 13.7. The van der Waals surface area contributed by atoms with Crippen LogP contribution in [0.2, 0.25) is 5.02 Å². The minimum absolute atomic E-state index is 0.263. The highest BCUT2D eigenvalue weighted by Gasteiger charge is 2.16. The number of hydrogen-bond donors (Lipinski definition) is 1. The summed E-state index contributed by atoms with van der Waals surface area (Å²) in [5, 5.41) is 0.655. The zero-order chi connectivity index (χ0) is 14.1. The van der Waals surface area contributed by atoms with Gasteiger partial charge < -0.3 is 15.2 Å². The second kappa shape index (κ2) is 5.64. The molecule has 1 unspecified atom stereocenters. The summed E-state index contributed by atoms with van der Waals surface area (Å²) in [5.41, 5.74) is 8.22. The summed E-state index contributed by atoms with van der Waals surface area (Å²) in [6.07, 6.45) is 0. The number of nitrogens with two attached hydrogens (primary N) is 1. The van der Waals surface area contributed by atoms with E-state index in [1.807, 2.05) is 36.4 Å². The highest BCUT2D eigenvalue weighted by atomic mass is 79.9. The molecule has 2 aromatic rings. The molecule has 0 amide bonds. The van der Waals surface area contributed by atoms with Crippen LogP contribution in [-0.2, 0) is 0 Å². The SMILES string of the molecule is NC(c1cc(Cl)cc(Br)c1)c1ccc2c(c1)OCCO2. The van der Waals surface area contributed by atoms with Crippen LogP contribution in [0, 0.1) is 0 Å². The molecule has 3 rings (SSSR count). The lowest BCUT2D eigenvalue weighted by Crippen LogP contribution is -2.17. The quantitative estimate of drug-likeness (QED) is 0.889. The van der Waals surface area contributed by atoms with Gasteiger partial charge in [-0.3, -0.25) is 0 Å². The normalized spacial score (nSPS) is 14.9. The molecule has 0 radical (unpaired) electrons. The standard InChI is InChI=1S/C15H13BrClNO2/c16-11-5-10(6-12(17)8-11)15(18)9-1-2-13-14(7-9)20-4-3-19-13/h1-2,5-8,15H,3-4,18H2. The van der Waals surface area contributed by atoms with Gasteiger partial charge in [0.15, 0.2) is 11.5 Å². The molecular weight excluding hydrogens is 342 g/mol. The Kier molecular flexibility index (Phi) is 3.87. The van der Waals surface area contributed by atoms with Crippen molar-refractivity contribution in [2.75, 3.05) is 13.2 Å². The van der Waals surface area contributed by atoms with Crippen LogP contribution in [0.15, 0.2) is 40.9 Å². The monoisotopic (exact) mass is 353 g/mol. The largest absolute Gasteiger partial charge is 0.486 e. The van der Waals surface area contributed by atoms with Crippen molar-refractivity contribution in [3.05, 3.63) is 57.0 Å². The van der Waals surface area contributed by atoms with E-state index >= 15 is 0 Å². The van der Waals surface area contributed by atoms with Crippen LogP contribution in [-0.4, -0.2) is 13.2 Å². The topological polar surface area (TPSA) is 44.5 Å². The van der Waals surface area contributed by atoms with Gasteiger partial charge in [0, 0.05) is 9.50 Å². The maximum Gasteiger partial charge on any atom is 0.161 e. The molecular formula is C15H13BrClNO2. The van der Waals surface area contributed by atoms with Gasteiger partial charge in [0.25, 0.3) is 0 Å². The van der Waals surface area contributed by atoms with E-state index in [1.165, 1.54) is 0 Å². The zero-order valence-corrected chi connectivity index (χ0v) is 12.9. The van der Waals surface area contributed by atoms with Crippen molar-refractivity contribution in [1.29, 1.82) is 0 Å². The predicted octanol–water partition coefficient (Wildman–Crippen LogP) is 3.92. The smallest absolute Gasteiger partial charge is 0.161 e.